The van der Waals surface area contributed by atoms with Crippen LogP contribution in [0, 0.1) is 5.92 Å². The second kappa shape index (κ2) is 8.08. The predicted molar refractivity (Wildman–Crippen MR) is 118 cm³/mol. The highest BCUT2D eigenvalue weighted by Gasteiger charge is 2.44. The van der Waals surface area contributed by atoms with E-state index in [0.29, 0.717) is 48.0 Å². The minimum Gasteiger partial charge on any atom is -0.448 e. The average molecular weight is 441 g/mol. The van der Waals surface area contributed by atoms with Crippen LogP contribution in [0.1, 0.15) is 48.9 Å². The van der Waals surface area contributed by atoms with E-state index in [-0.39, 0.29) is 17.7 Å². The van der Waals surface area contributed by atoms with Gasteiger partial charge in [0.15, 0.2) is 11.5 Å². The Bertz CT molecular complexity index is 993. The molecule has 5 rings (SSSR count). The molecule has 7 heteroatoms. The van der Waals surface area contributed by atoms with E-state index in [4.69, 9.17) is 21.1 Å². The molecule has 0 atom stereocenters. The molecule has 3 aliphatic rings. The zero-order chi connectivity index (χ0) is 21.4. The lowest BCUT2D eigenvalue weighted by Gasteiger charge is -2.31. The Hall–Kier alpha value is -2.73. The highest BCUT2D eigenvalue weighted by molar-refractivity contribution is 6.30. The molecule has 0 unspecified atom stereocenters. The third-order valence-corrected chi connectivity index (χ3v) is 6.66. The largest absolute Gasteiger partial charge is 0.448 e. The molecule has 2 fully saturated rings. The number of rotatable bonds is 3. The topological polar surface area (TPSA) is 67.9 Å². The Balaban J connectivity index is 1.16. The van der Waals surface area contributed by atoms with Crippen molar-refractivity contribution in [3.05, 3.63) is 53.1 Å². The minimum atomic E-state index is -0.506. The molecule has 2 aromatic rings. The maximum Gasteiger partial charge on any atom is 0.253 e. The van der Waals surface area contributed by atoms with Gasteiger partial charge in [-0.05, 0) is 62.1 Å². The Morgan fingerprint density at radius 1 is 0.968 bits per heavy atom. The fraction of sp³-hybridized carbons (Fsp3) is 0.417. The Kier molecular flexibility index (Phi) is 5.26. The number of nitrogens with one attached hydrogen (secondary N) is 1. The summed E-state index contributed by atoms with van der Waals surface area (Å²) in [5.41, 5.74) is 1.33. The minimum absolute atomic E-state index is 0.0203. The van der Waals surface area contributed by atoms with Crippen LogP contribution in [0.5, 0.6) is 11.5 Å². The molecule has 2 amide bonds. The lowest BCUT2D eigenvalue weighted by Crippen LogP contribution is -2.41. The fourth-order valence-electron chi connectivity index (χ4n) is 4.65. The standard InChI is InChI=1S/C24H25ClN2O4/c25-18-5-3-17(4-6-18)23(29)27-13-9-16(10-14-27)22(28)26-19-7-8-20-21(15-19)31-24(30-20)11-1-2-12-24/h3-8,15-16H,1-2,9-14H2,(H,26,28). The van der Waals surface area contributed by atoms with Crippen molar-refractivity contribution in [3.8, 4) is 11.5 Å². The zero-order valence-corrected chi connectivity index (χ0v) is 18.0. The molecule has 2 aromatic carbocycles. The molecule has 1 aliphatic carbocycles. The van der Waals surface area contributed by atoms with E-state index in [0.717, 1.165) is 31.4 Å². The summed E-state index contributed by atoms with van der Waals surface area (Å²) in [5, 5.41) is 3.62. The van der Waals surface area contributed by atoms with Gasteiger partial charge in [-0.2, -0.15) is 0 Å². The van der Waals surface area contributed by atoms with Gasteiger partial charge < -0.3 is 19.7 Å². The number of carbonyl (C=O) groups is 2. The first-order valence-electron chi connectivity index (χ1n) is 10.9. The number of likely N-dealkylation sites (tertiary alicyclic amines) is 1. The summed E-state index contributed by atoms with van der Waals surface area (Å²) in [6.45, 7) is 1.12. The summed E-state index contributed by atoms with van der Waals surface area (Å²) in [6, 6.07) is 12.5. The van der Waals surface area contributed by atoms with Crippen LogP contribution in [-0.4, -0.2) is 35.6 Å². The van der Waals surface area contributed by atoms with E-state index in [2.05, 4.69) is 5.32 Å². The number of hydrogen-bond donors (Lipinski definition) is 1. The van der Waals surface area contributed by atoms with Crippen LogP contribution in [0.25, 0.3) is 0 Å². The third-order valence-electron chi connectivity index (χ3n) is 6.41. The molecule has 2 aliphatic heterocycles. The van der Waals surface area contributed by atoms with Crippen LogP contribution in [0.15, 0.2) is 42.5 Å². The molecule has 1 spiro atoms. The van der Waals surface area contributed by atoms with Crippen molar-refractivity contribution >= 4 is 29.1 Å². The summed E-state index contributed by atoms with van der Waals surface area (Å²) < 4.78 is 12.1. The van der Waals surface area contributed by atoms with Crippen molar-refractivity contribution < 1.29 is 19.1 Å². The Morgan fingerprint density at radius 2 is 1.65 bits per heavy atom. The molecule has 162 valence electrons. The van der Waals surface area contributed by atoms with Crippen molar-refractivity contribution in [1.82, 2.24) is 4.90 Å². The number of fused-ring (bicyclic) bond motifs is 1. The Labute approximate surface area is 186 Å². The van der Waals surface area contributed by atoms with E-state index in [1.165, 1.54) is 0 Å². The second-order valence-corrected chi connectivity index (χ2v) is 8.98. The summed E-state index contributed by atoms with van der Waals surface area (Å²) in [6.07, 6.45) is 5.29. The first-order valence-corrected chi connectivity index (χ1v) is 11.3. The van der Waals surface area contributed by atoms with Gasteiger partial charge in [-0.3, -0.25) is 9.59 Å². The number of piperidine rings is 1. The quantitative estimate of drug-likeness (QED) is 0.739. The number of ether oxygens (including phenoxy) is 2. The van der Waals surface area contributed by atoms with Crippen LogP contribution in [0.3, 0.4) is 0 Å². The molecular formula is C24H25ClN2O4. The van der Waals surface area contributed by atoms with Gasteiger partial charge in [0.2, 0.25) is 5.91 Å². The van der Waals surface area contributed by atoms with Crippen molar-refractivity contribution in [2.75, 3.05) is 18.4 Å². The number of hydrogen-bond acceptors (Lipinski definition) is 4. The molecular weight excluding hydrogens is 416 g/mol. The first-order chi connectivity index (χ1) is 15.0. The van der Waals surface area contributed by atoms with E-state index >= 15 is 0 Å². The summed E-state index contributed by atoms with van der Waals surface area (Å²) in [4.78, 5) is 27.3. The van der Waals surface area contributed by atoms with Crippen molar-refractivity contribution in [2.45, 2.75) is 44.3 Å². The van der Waals surface area contributed by atoms with Crippen LogP contribution < -0.4 is 14.8 Å². The highest BCUT2D eigenvalue weighted by atomic mass is 35.5. The van der Waals surface area contributed by atoms with Crippen LogP contribution in [0.2, 0.25) is 5.02 Å². The number of carbonyl (C=O) groups excluding carboxylic acids is 2. The SMILES string of the molecule is O=C(Nc1ccc2c(c1)OC1(CCCC1)O2)C1CCN(C(=O)c2ccc(Cl)cc2)CC1. The van der Waals surface area contributed by atoms with E-state index < -0.39 is 5.79 Å². The molecule has 1 saturated heterocycles. The maximum atomic E-state index is 12.8. The Morgan fingerprint density at radius 3 is 2.35 bits per heavy atom. The van der Waals surface area contributed by atoms with Crippen molar-refractivity contribution in [2.24, 2.45) is 5.92 Å². The number of amides is 2. The van der Waals surface area contributed by atoms with Crippen molar-refractivity contribution in [3.63, 3.8) is 0 Å². The van der Waals surface area contributed by atoms with Gasteiger partial charge in [-0.25, -0.2) is 0 Å². The van der Waals surface area contributed by atoms with Gasteiger partial charge in [0.25, 0.3) is 11.7 Å². The fourth-order valence-corrected chi connectivity index (χ4v) is 4.78. The molecule has 2 heterocycles. The number of anilines is 1. The summed E-state index contributed by atoms with van der Waals surface area (Å²) >= 11 is 5.90. The van der Waals surface area contributed by atoms with Gasteiger partial charge in [-0.1, -0.05) is 11.6 Å². The molecule has 0 aromatic heterocycles. The number of halogens is 1. The van der Waals surface area contributed by atoms with Crippen LogP contribution >= 0.6 is 11.6 Å². The summed E-state index contributed by atoms with van der Waals surface area (Å²) in [5.74, 6) is 0.770. The predicted octanol–water partition coefficient (Wildman–Crippen LogP) is 4.87. The first kappa shape index (κ1) is 20.2. The smallest absolute Gasteiger partial charge is 0.253 e. The molecule has 1 saturated carbocycles. The van der Waals surface area contributed by atoms with Crippen LogP contribution in [-0.2, 0) is 4.79 Å². The lowest BCUT2D eigenvalue weighted by atomic mass is 9.95. The monoisotopic (exact) mass is 440 g/mol. The number of nitrogens with zero attached hydrogens (tertiary/aromatic N) is 1. The normalized spacial score (nSPS) is 19.6. The summed E-state index contributed by atoms with van der Waals surface area (Å²) in [7, 11) is 0. The van der Waals surface area contributed by atoms with Gasteiger partial charge in [0.05, 0.1) is 0 Å². The van der Waals surface area contributed by atoms with E-state index in [9.17, 15) is 9.59 Å². The highest BCUT2D eigenvalue weighted by Crippen LogP contribution is 2.47. The third kappa shape index (κ3) is 4.09. The molecule has 6 nitrogen and oxygen atoms in total. The average Bonchev–Trinajstić information content (AvgIpc) is 3.39. The number of benzene rings is 2. The molecule has 0 radical (unpaired) electrons. The zero-order valence-electron chi connectivity index (χ0n) is 17.2. The second-order valence-electron chi connectivity index (χ2n) is 8.55. The lowest BCUT2D eigenvalue weighted by molar-refractivity contribution is -0.121. The van der Waals surface area contributed by atoms with Gasteiger partial charge in [-0.15, -0.1) is 0 Å². The van der Waals surface area contributed by atoms with E-state index in [1.807, 2.05) is 18.2 Å². The van der Waals surface area contributed by atoms with Gasteiger partial charge in [0.1, 0.15) is 0 Å². The molecule has 31 heavy (non-hydrogen) atoms. The van der Waals surface area contributed by atoms with Gasteiger partial charge in [0, 0.05) is 54.2 Å². The maximum absolute atomic E-state index is 12.8. The molecule has 0 bridgehead atoms. The molecule has 1 N–H and O–H groups in total. The van der Waals surface area contributed by atoms with Crippen LogP contribution in [0.4, 0.5) is 5.69 Å². The van der Waals surface area contributed by atoms with E-state index in [1.54, 1.807) is 29.2 Å². The van der Waals surface area contributed by atoms with Gasteiger partial charge >= 0.3 is 0 Å². The van der Waals surface area contributed by atoms with Crippen molar-refractivity contribution in [1.29, 1.82) is 0 Å².